The predicted molar refractivity (Wildman–Crippen MR) is 118 cm³/mol. The highest BCUT2D eigenvalue weighted by Crippen LogP contribution is 2.37. The molecule has 0 atom stereocenters. The monoisotopic (exact) mass is 430 g/mol. The molecule has 1 aromatic carbocycles. The Labute approximate surface area is 185 Å². The summed E-state index contributed by atoms with van der Waals surface area (Å²) in [6.45, 7) is 3.80. The fraction of sp³-hybridized carbons (Fsp3) is 0.227. The van der Waals surface area contributed by atoms with E-state index in [4.69, 9.17) is 14.7 Å². The fourth-order valence-electron chi connectivity index (χ4n) is 3.60. The van der Waals surface area contributed by atoms with E-state index >= 15 is 0 Å². The molecule has 0 aliphatic carbocycles. The van der Waals surface area contributed by atoms with E-state index in [1.807, 2.05) is 33.0 Å². The number of benzene rings is 1. The molecule has 0 radical (unpaired) electrons. The first-order valence-corrected chi connectivity index (χ1v) is 9.78. The van der Waals surface area contributed by atoms with Gasteiger partial charge in [0, 0.05) is 18.7 Å². The van der Waals surface area contributed by atoms with Crippen molar-refractivity contribution in [1.82, 2.24) is 29.5 Å². The van der Waals surface area contributed by atoms with Gasteiger partial charge in [0.2, 0.25) is 0 Å². The summed E-state index contributed by atoms with van der Waals surface area (Å²) >= 11 is 0. The minimum atomic E-state index is 0.505. The lowest BCUT2D eigenvalue weighted by Gasteiger charge is -2.08. The van der Waals surface area contributed by atoms with E-state index in [0.717, 1.165) is 28.4 Å². The maximum Gasteiger partial charge on any atom is 0.196 e. The molecule has 0 saturated carbocycles. The van der Waals surface area contributed by atoms with Crippen molar-refractivity contribution in [2.75, 3.05) is 19.5 Å². The first kappa shape index (κ1) is 20.9. The Morgan fingerprint density at radius 2 is 1.72 bits per heavy atom. The Hall–Kier alpha value is -4.39. The maximum absolute atomic E-state index is 9.05. The highest BCUT2D eigenvalue weighted by molar-refractivity contribution is 5.76. The number of ether oxygens (including phenoxy) is 2. The fourth-order valence-corrected chi connectivity index (χ4v) is 3.60. The van der Waals surface area contributed by atoms with Crippen LogP contribution in [0.4, 0.5) is 11.6 Å². The van der Waals surface area contributed by atoms with Gasteiger partial charge in [0.15, 0.2) is 23.1 Å². The normalized spacial score (nSPS) is 10.6. The first-order valence-electron chi connectivity index (χ1n) is 9.78. The molecule has 4 aromatic rings. The number of aryl methyl sites for hydroxylation is 2. The van der Waals surface area contributed by atoms with E-state index in [0.29, 0.717) is 28.8 Å². The summed E-state index contributed by atoms with van der Waals surface area (Å²) in [5, 5.41) is 21.3. The summed E-state index contributed by atoms with van der Waals surface area (Å²) in [5.41, 5.74) is 3.85. The van der Waals surface area contributed by atoms with Gasteiger partial charge in [0.1, 0.15) is 23.5 Å². The van der Waals surface area contributed by atoms with Crippen LogP contribution in [0.5, 0.6) is 11.5 Å². The van der Waals surface area contributed by atoms with Crippen molar-refractivity contribution in [2.24, 2.45) is 7.05 Å². The van der Waals surface area contributed by atoms with E-state index in [1.165, 1.54) is 6.33 Å². The molecule has 1 N–H and O–H groups in total. The van der Waals surface area contributed by atoms with Gasteiger partial charge in [-0.15, -0.1) is 0 Å². The van der Waals surface area contributed by atoms with Gasteiger partial charge in [-0.25, -0.2) is 14.6 Å². The molecule has 3 aromatic heterocycles. The molecule has 0 fully saturated rings. The van der Waals surface area contributed by atoms with Crippen molar-refractivity contribution in [3.63, 3.8) is 0 Å². The Morgan fingerprint density at radius 1 is 1.00 bits per heavy atom. The molecule has 0 bridgehead atoms. The number of nitrogens with zero attached hydrogens (tertiary/aromatic N) is 7. The zero-order valence-electron chi connectivity index (χ0n) is 18.4. The molecule has 0 aliphatic rings. The third-order valence-corrected chi connectivity index (χ3v) is 5.04. The molecule has 0 amide bonds. The second kappa shape index (κ2) is 8.39. The van der Waals surface area contributed by atoms with E-state index in [1.54, 1.807) is 41.8 Å². The van der Waals surface area contributed by atoms with Gasteiger partial charge >= 0.3 is 0 Å². The van der Waals surface area contributed by atoms with Crippen LogP contribution in [0, 0.1) is 25.2 Å². The number of nitrogens with one attached hydrogen (secondary N) is 1. The SMILES string of the molecule is COc1c(Nc2cc(-n3nc(C)c(OC)c3C)ncn2)nn(C)c1-c1ccc(C#N)cc1. The third kappa shape index (κ3) is 3.60. The number of aromatic nitrogens is 6. The van der Waals surface area contributed by atoms with E-state index < -0.39 is 0 Å². The molecule has 162 valence electrons. The Bertz CT molecular complexity index is 1320. The molecule has 0 saturated heterocycles. The van der Waals surface area contributed by atoms with Gasteiger partial charge in [0.05, 0.1) is 31.5 Å². The van der Waals surface area contributed by atoms with Crippen molar-refractivity contribution in [3.05, 3.63) is 53.6 Å². The molecule has 10 nitrogen and oxygen atoms in total. The molecular formula is C22H22N8O2. The molecule has 10 heteroatoms. The average molecular weight is 430 g/mol. The zero-order valence-corrected chi connectivity index (χ0v) is 18.4. The Morgan fingerprint density at radius 3 is 2.34 bits per heavy atom. The van der Waals surface area contributed by atoms with Gasteiger partial charge in [-0.1, -0.05) is 12.1 Å². The van der Waals surface area contributed by atoms with E-state index in [-0.39, 0.29) is 0 Å². The van der Waals surface area contributed by atoms with Crippen LogP contribution in [0.25, 0.3) is 17.1 Å². The summed E-state index contributed by atoms with van der Waals surface area (Å²) in [4.78, 5) is 8.65. The highest BCUT2D eigenvalue weighted by Gasteiger charge is 2.20. The zero-order chi connectivity index (χ0) is 22.8. The third-order valence-electron chi connectivity index (χ3n) is 5.04. The maximum atomic E-state index is 9.05. The lowest BCUT2D eigenvalue weighted by molar-refractivity contribution is 0.408. The summed E-state index contributed by atoms with van der Waals surface area (Å²) in [6, 6.07) is 11.1. The molecule has 0 aliphatic heterocycles. The van der Waals surface area contributed by atoms with Crippen LogP contribution in [0.15, 0.2) is 36.7 Å². The number of rotatable bonds is 6. The van der Waals surface area contributed by atoms with Crippen molar-refractivity contribution in [3.8, 4) is 34.6 Å². The summed E-state index contributed by atoms with van der Waals surface area (Å²) in [7, 11) is 5.03. The number of hydrogen-bond acceptors (Lipinski definition) is 8. The van der Waals surface area contributed by atoms with Gasteiger partial charge in [-0.05, 0) is 26.0 Å². The second-order valence-electron chi connectivity index (χ2n) is 7.05. The number of anilines is 2. The molecule has 3 heterocycles. The van der Waals surface area contributed by atoms with Crippen LogP contribution in [0.1, 0.15) is 17.0 Å². The summed E-state index contributed by atoms with van der Waals surface area (Å²) in [6.07, 6.45) is 1.46. The van der Waals surface area contributed by atoms with Crippen molar-refractivity contribution in [2.45, 2.75) is 13.8 Å². The van der Waals surface area contributed by atoms with Crippen LogP contribution in [0.3, 0.4) is 0 Å². The van der Waals surface area contributed by atoms with Gasteiger partial charge in [-0.2, -0.15) is 15.5 Å². The van der Waals surface area contributed by atoms with Crippen molar-refractivity contribution >= 4 is 11.6 Å². The smallest absolute Gasteiger partial charge is 0.196 e. The first-order chi connectivity index (χ1) is 15.5. The molecule has 0 spiro atoms. The highest BCUT2D eigenvalue weighted by atomic mass is 16.5. The standard InChI is InChI=1S/C22H22N8O2/c1-13-20(31-4)14(2)30(27-13)18-10-17(24-12-25-18)26-22-21(32-5)19(29(3)28-22)16-8-6-15(11-23)7-9-16/h6-10,12H,1-5H3,(H,24,25,26,28). The quantitative estimate of drug-likeness (QED) is 0.495. The molecular weight excluding hydrogens is 408 g/mol. The van der Waals surface area contributed by atoms with Crippen LogP contribution < -0.4 is 14.8 Å². The lowest BCUT2D eigenvalue weighted by Crippen LogP contribution is -2.05. The van der Waals surface area contributed by atoms with Crippen LogP contribution >= 0.6 is 0 Å². The van der Waals surface area contributed by atoms with Crippen LogP contribution in [-0.2, 0) is 7.05 Å². The molecule has 0 unspecified atom stereocenters. The number of methoxy groups -OCH3 is 2. The Balaban J connectivity index is 1.70. The second-order valence-corrected chi connectivity index (χ2v) is 7.05. The summed E-state index contributed by atoms with van der Waals surface area (Å²) < 4.78 is 14.5. The van der Waals surface area contributed by atoms with Crippen LogP contribution in [0.2, 0.25) is 0 Å². The topological polar surface area (TPSA) is 116 Å². The van der Waals surface area contributed by atoms with Crippen LogP contribution in [-0.4, -0.2) is 43.7 Å². The number of hydrogen-bond donors (Lipinski definition) is 1. The van der Waals surface area contributed by atoms with Gasteiger partial charge in [0.25, 0.3) is 0 Å². The molecule has 4 rings (SSSR count). The van der Waals surface area contributed by atoms with E-state index in [2.05, 4.69) is 31.6 Å². The van der Waals surface area contributed by atoms with Crippen molar-refractivity contribution in [1.29, 1.82) is 5.26 Å². The van der Waals surface area contributed by atoms with Gasteiger partial charge < -0.3 is 14.8 Å². The minimum Gasteiger partial charge on any atom is -0.493 e. The average Bonchev–Trinajstić information content (AvgIpc) is 3.28. The lowest BCUT2D eigenvalue weighted by atomic mass is 10.1. The molecule has 32 heavy (non-hydrogen) atoms. The van der Waals surface area contributed by atoms with Gasteiger partial charge in [-0.3, -0.25) is 4.68 Å². The number of nitriles is 1. The Kier molecular flexibility index (Phi) is 5.47. The largest absolute Gasteiger partial charge is 0.493 e. The van der Waals surface area contributed by atoms with E-state index in [9.17, 15) is 0 Å². The summed E-state index contributed by atoms with van der Waals surface area (Å²) in [5.74, 6) is 2.91. The predicted octanol–water partition coefficient (Wildman–Crippen LogP) is 3.31. The minimum absolute atomic E-state index is 0.505. The van der Waals surface area contributed by atoms with Crippen molar-refractivity contribution < 1.29 is 9.47 Å².